The first kappa shape index (κ1) is 16.2. The molecule has 3 heteroatoms. The van der Waals surface area contributed by atoms with Crippen molar-refractivity contribution in [2.24, 2.45) is 0 Å². The van der Waals surface area contributed by atoms with Gasteiger partial charge >= 0.3 is 0 Å². The number of fused-ring (bicyclic) bond motifs is 6. The maximum Gasteiger partial charge on any atom is 0.231 e. The highest BCUT2D eigenvalue weighted by molar-refractivity contribution is 5.69. The Morgan fingerprint density at radius 3 is 2.57 bits per heavy atom. The van der Waals surface area contributed by atoms with Crippen LogP contribution in [-0.2, 0) is 6.54 Å². The van der Waals surface area contributed by atoms with Crippen molar-refractivity contribution in [2.75, 3.05) is 13.3 Å². The molecule has 0 saturated carbocycles. The molecule has 0 radical (unpaired) electrons. The van der Waals surface area contributed by atoms with Crippen LogP contribution >= 0.6 is 0 Å². The van der Waals surface area contributed by atoms with E-state index in [0.717, 1.165) is 24.0 Å². The number of benzene rings is 3. The number of rotatable bonds is 3. The zero-order chi connectivity index (χ0) is 18.5. The fourth-order valence-electron chi connectivity index (χ4n) is 5.12. The monoisotopic (exact) mass is 369 g/mol. The Morgan fingerprint density at radius 1 is 0.821 bits per heavy atom. The van der Waals surface area contributed by atoms with Crippen LogP contribution in [0, 0.1) is 0 Å². The van der Waals surface area contributed by atoms with E-state index in [-0.39, 0.29) is 0 Å². The van der Waals surface area contributed by atoms with E-state index >= 15 is 0 Å². The first-order chi connectivity index (χ1) is 13.8. The minimum absolute atomic E-state index is 0.321. The normalized spacial score (nSPS) is 22.3. The SMILES string of the molecule is c1ccc(CN2CCC3CC2c2cc(-c4ccc5c(c4)OCO5)ccc23)cc1. The van der Waals surface area contributed by atoms with Crippen LogP contribution in [0.2, 0.25) is 0 Å². The molecule has 28 heavy (non-hydrogen) atoms. The minimum Gasteiger partial charge on any atom is -0.454 e. The molecule has 2 bridgehead atoms. The van der Waals surface area contributed by atoms with Gasteiger partial charge < -0.3 is 9.47 Å². The second kappa shape index (κ2) is 6.39. The number of hydrogen-bond donors (Lipinski definition) is 0. The van der Waals surface area contributed by atoms with Gasteiger partial charge in [-0.25, -0.2) is 0 Å². The number of likely N-dealkylation sites (tertiary alicyclic amines) is 1. The van der Waals surface area contributed by atoms with Crippen molar-refractivity contribution in [2.45, 2.75) is 31.3 Å². The van der Waals surface area contributed by atoms with Crippen molar-refractivity contribution in [3.63, 3.8) is 0 Å². The second-order valence-electron chi connectivity index (χ2n) is 8.10. The molecule has 140 valence electrons. The Kier molecular flexibility index (Phi) is 3.69. The van der Waals surface area contributed by atoms with Gasteiger partial charge in [-0.05, 0) is 71.3 Å². The summed E-state index contributed by atoms with van der Waals surface area (Å²) in [6.45, 7) is 2.53. The summed E-state index contributed by atoms with van der Waals surface area (Å²) in [4.78, 5) is 2.67. The van der Waals surface area contributed by atoms with E-state index in [1.54, 1.807) is 5.56 Å². The van der Waals surface area contributed by atoms with Crippen molar-refractivity contribution in [3.05, 3.63) is 83.4 Å². The third-order valence-corrected chi connectivity index (χ3v) is 6.53. The standard InChI is InChI=1S/C25H23NO2/c1-2-4-17(5-3-1)15-26-11-10-20-13-23(26)22-12-18(6-8-21(20)22)19-7-9-24-25(14-19)28-16-27-24/h1-9,12,14,20,23H,10-11,13,15-16H2. The zero-order valence-electron chi connectivity index (χ0n) is 15.8. The molecule has 2 unspecified atom stereocenters. The van der Waals surface area contributed by atoms with E-state index < -0.39 is 0 Å². The van der Waals surface area contributed by atoms with E-state index in [1.807, 2.05) is 6.07 Å². The molecule has 6 rings (SSSR count). The summed E-state index contributed by atoms with van der Waals surface area (Å²) in [7, 11) is 0. The van der Waals surface area contributed by atoms with Crippen LogP contribution in [0.5, 0.6) is 11.5 Å². The van der Waals surface area contributed by atoms with Crippen molar-refractivity contribution in [3.8, 4) is 22.6 Å². The highest BCUT2D eigenvalue weighted by Gasteiger charge is 2.38. The second-order valence-corrected chi connectivity index (χ2v) is 8.10. The summed E-state index contributed by atoms with van der Waals surface area (Å²) in [6.07, 6.45) is 2.52. The first-order valence-electron chi connectivity index (χ1n) is 10.2. The summed E-state index contributed by atoms with van der Waals surface area (Å²) < 4.78 is 11.0. The molecule has 0 spiro atoms. The Balaban J connectivity index is 1.34. The molecule has 0 aromatic heterocycles. The molecule has 2 atom stereocenters. The number of ether oxygens (including phenoxy) is 2. The molecule has 2 aliphatic heterocycles. The predicted molar refractivity (Wildman–Crippen MR) is 110 cm³/mol. The topological polar surface area (TPSA) is 21.7 Å². The van der Waals surface area contributed by atoms with Gasteiger partial charge in [0.15, 0.2) is 11.5 Å². The Hall–Kier alpha value is -2.78. The molecule has 2 heterocycles. The Labute approximate surface area is 165 Å². The fraction of sp³-hybridized carbons (Fsp3) is 0.280. The van der Waals surface area contributed by atoms with Gasteiger partial charge in [0.25, 0.3) is 0 Å². The number of hydrogen-bond acceptors (Lipinski definition) is 3. The fourth-order valence-corrected chi connectivity index (χ4v) is 5.12. The first-order valence-corrected chi connectivity index (χ1v) is 10.2. The largest absolute Gasteiger partial charge is 0.454 e. The van der Waals surface area contributed by atoms with Gasteiger partial charge in [-0.2, -0.15) is 0 Å². The molecular formula is C25H23NO2. The van der Waals surface area contributed by atoms with E-state index in [1.165, 1.54) is 41.6 Å². The maximum atomic E-state index is 5.58. The smallest absolute Gasteiger partial charge is 0.231 e. The van der Waals surface area contributed by atoms with Crippen LogP contribution in [0.1, 0.15) is 41.5 Å². The summed E-state index contributed by atoms with van der Waals surface area (Å²) in [5.41, 5.74) is 6.95. The molecule has 0 amide bonds. The third kappa shape index (κ3) is 2.61. The maximum absolute atomic E-state index is 5.58. The highest BCUT2D eigenvalue weighted by atomic mass is 16.7. The molecule has 1 fully saturated rings. The molecule has 3 aromatic rings. The van der Waals surface area contributed by atoms with Gasteiger partial charge in [0.1, 0.15) is 0 Å². The van der Waals surface area contributed by atoms with Crippen molar-refractivity contribution < 1.29 is 9.47 Å². The lowest BCUT2D eigenvalue weighted by Crippen LogP contribution is -2.31. The molecule has 1 saturated heterocycles. The lowest BCUT2D eigenvalue weighted by atomic mass is 9.94. The van der Waals surface area contributed by atoms with Crippen LogP contribution in [0.25, 0.3) is 11.1 Å². The van der Waals surface area contributed by atoms with Gasteiger partial charge in [0, 0.05) is 12.6 Å². The number of piperidine rings is 1. The van der Waals surface area contributed by atoms with Crippen LogP contribution in [0.15, 0.2) is 66.7 Å². The molecule has 1 aliphatic carbocycles. The van der Waals surface area contributed by atoms with Crippen molar-refractivity contribution in [1.29, 1.82) is 0 Å². The van der Waals surface area contributed by atoms with Crippen molar-refractivity contribution in [1.82, 2.24) is 4.90 Å². The van der Waals surface area contributed by atoms with E-state index in [2.05, 4.69) is 65.6 Å². The lowest BCUT2D eigenvalue weighted by Gasteiger charge is -2.33. The van der Waals surface area contributed by atoms with Crippen LogP contribution < -0.4 is 9.47 Å². The quantitative estimate of drug-likeness (QED) is 0.607. The molecule has 3 aliphatic rings. The van der Waals surface area contributed by atoms with E-state index in [4.69, 9.17) is 9.47 Å². The molecule has 3 aromatic carbocycles. The third-order valence-electron chi connectivity index (χ3n) is 6.53. The lowest BCUT2D eigenvalue weighted by molar-refractivity contribution is 0.145. The van der Waals surface area contributed by atoms with Crippen LogP contribution in [0.3, 0.4) is 0 Å². The van der Waals surface area contributed by atoms with Gasteiger partial charge in [-0.1, -0.05) is 48.5 Å². The average Bonchev–Trinajstić information content (AvgIpc) is 3.33. The number of nitrogens with zero attached hydrogens (tertiary/aromatic N) is 1. The van der Waals surface area contributed by atoms with Gasteiger partial charge in [0.2, 0.25) is 6.79 Å². The Morgan fingerprint density at radius 2 is 1.64 bits per heavy atom. The van der Waals surface area contributed by atoms with E-state index in [9.17, 15) is 0 Å². The van der Waals surface area contributed by atoms with Crippen LogP contribution in [0.4, 0.5) is 0 Å². The minimum atomic E-state index is 0.321. The summed E-state index contributed by atoms with van der Waals surface area (Å²) >= 11 is 0. The summed E-state index contributed by atoms with van der Waals surface area (Å²) in [5.74, 6) is 2.41. The highest BCUT2D eigenvalue weighted by Crippen LogP contribution is 2.50. The zero-order valence-corrected chi connectivity index (χ0v) is 15.8. The summed E-state index contributed by atoms with van der Waals surface area (Å²) in [5, 5.41) is 0. The molecule has 0 N–H and O–H groups in total. The Bertz CT molecular complexity index is 1030. The van der Waals surface area contributed by atoms with Gasteiger partial charge in [-0.15, -0.1) is 0 Å². The predicted octanol–water partition coefficient (Wildman–Crippen LogP) is 5.52. The average molecular weight is 369 g/mol. The van der Waals surface area contributed by atoms with E-state index in [0.29, 0.717) is 12.8 Å². The molecular weight excluding hydrogens is 346 g/mol. The van der Waals surface area contributed by atoms with Crippen molar-refractivity contribution >= 4 is 0 Å². The van der Waals surface area contributed by atoms with Crippen LogP contribution in [-0.4, -0.2) is 18.2 Å². The summed E-state index contributed by atoms with van der Waals surface area (Å²) in [6, 6.07) is 24.7. The molecule has 3 nitrogen and oxygen atoms in total. The van der Waals surface area contributed by atoms with Gasteiger partial charge in [0.05, 0.1) is 0 Å². The van der Waals surface area contributed by atoms with Gasteiger partial charge in [-0.3, -0.25) is 4.90 Å².